The van der Waals surface area contributed by atoms with Gasteiger partial charge in [-0.15, -0.1) is 0 Å². The summed E-state index contributed by atoms with van der Waals surface area (Å²) in [6, 6.07) is 0.575. The standard InChI is InChI=1S/C20H33NO5/c1-23-17-4-3-11-5-15-12-6-18-19(26-10-25-18)7-13(12)16(22)9-21(15)8-14(11)20(17)24-2/h11-20,22H,3-10H2,1-2H3/t11?,12?,13?,14?,15?,16-,17?,18?,19?,20?/m1/s1. The summed E-state index contributed by atoms with van der Waals surface area (Å²) in [7, 11) is 3.63. The van der Waals surface area contributed by atoms with Gasteiger partial charge in [0.2, 0.25) is 0 Å². The summed E-state index contributed by atoms with van der Waals surface area (Å²) in [6.07, 6.45) is 6.13. The van der Waals surface area contributed by atoms with Gasteiger partial charge >= 0.3 is 0 Å². The molecule has 0 aromatic rings. The molecule has 9 unspecified atom stereocenters. The lowest BCUT2D eigenvalue weighted by Gasteiger charge is -2.58. The lowest BCUT2D eigenvalue weighted by molar-refractivity contribution is -0.165. The van der Waals surface area contributed by atoms with Crippen molar-refractivity contribution >= 4 is 0 Å². The molecular formula is C20H33NO5. The van der Waals surface area contributed by atoms with E-state index in [9.17, 15) is 5.11 Å². The van der Waals surface area contributed by atoms with Crippen molar-refractivity contribution in [2.45, 2.75) is 68.7 Å². The highest BCUT2D eigenvalue weighted by Crippen LogP contribution is 2.50. The zero-order valence-corrected chi connectivity index (χ0v) is 16.0. The first-order valence-electron chi connectivity index (χ1n) is 10.4. The summed E-state index contributed by atoms with van der Waals surface area (Å²) in [5.41, 5.74) is 0. The van der Waals surface area contributed by atoms with Crippen LogP contribution >= 0.6 is 0 Å². The Morgan fingerprint density at radius 1 is 0.885 bits per heavy atom. The molecule has 5 aliphatic rings. The molecule has 26 heavy (non-hydrogen) atoms. The average molecular weight is 367 g/mol. The maximum absolute atomic E-state index is 10.9. The van der Waals surface area contributed by atoms with E-state index in [1.54, 1.807) is 7.11 Å². The quantitative estimate of drug-likeness (QED) is 0.793. The van der Waals surface area contributed by atoms with Crippen LogP contribution in [0.5, 0.6) is 0 Å². The van der Waals surface area contributed by atoms with Crippen LogP contribution in [-0.4, -0.2) is 80.7 Å². The Hall–Kier alpha value is -0.240. The molecule has 6 nitrogen and oxygen atoms in total. The van der Waals surface area contributed by atoms with E-state index in [0.717, 1.165) is 32.4 Å². The van der Waals surface area contributed by atoms with E-state index in [0.29, 0.717) is 36.5 Å². The van der Waals surface area contributed by atoms with E-state index >= 15 is 0 Å². The fraction of sp³-hybridized carbons (Fsp3) is 1.00. The number of piperidine rings is 2. The molecule has 2 saturated carbocycles. The van der Waals surface area contributed by atoms with Crippen LogP contribution in [0.3, 0.4) is 0 Å². The smallest absolute Gasteiger partial charge is 0.147 e. The van der Waals surface area contributed by atoms with Gasteiger partial charge in [-0.2, -0.15) is 0 Å². The summed E-state index contributed by atoms with van der Waals surface area (Å²) in [5, 5.41) is 10.9. The van der Waals surface area contributed by atoms with E-state index in [-0.39, 0.29) is 30.5 Å². The topological polar surface area (TPSA) is 60.4 Å². The second-order valence-electron chi connectivity index (χ2n) is 9.13. The van der Waals surface area contributed by atoms with Crippen LogP contribution in [0.15, 0.2) is 0 Å². The molecule has 0 bridgehead atoms. The van der Waals surface area contributed by atoms with Crippen molar-refractivity contribution < 1.29 is 24.1 Å². The van der Waals surface area contributed by atoms with Gasteiger partial charge in [0, 0.05) is 39.3 Å². The molecule has 148 valence electrons. The monoisotopic (exact) mass is 367 g/mol. The third-order valence-corrected chi connectivity index (χ3v) is 8.20. The second-order valence-corrected chi connectivity index (χ2v) is 9.13. The second kappa shape index (κ2) is 6.98. The summed E-state index contributed by atoms with van der Waals surface area (Å²) in [5.74, 6) is 2.12. The number of hydrogen-bond donors (Lipinski definition) is 1. The number of ether oxygens (including phenoxy) is 4. The van der Waals surface area contributed by atoms with Gasteiger partial charge in [-0.3, -0.25) is 4.90 Å². The lowest BCUT2D eigenvalue weighted by Crippen LogP contribution is -2.65. The average Bonchev–Trinajstić information content (AvgIpc) is 3.12. The highest BCUT2D eigenvalue weighted by atomic mass is 16.7. The number of nitrogens with zero attached hydrogens (tertiary/aromatic N) is 1. The number of aliphatic hydroxyl groups is 1. The van der Waals surface area contributed by atoms with Crippen molar-refractivity contribution in [1.29, 1.82) is 0 Å². The molecule has 3 saturated heterocycles. The van der Waals surface area contributed by atoms with Crippen molar-refractivity contribution in [2.24, 2.45) is 23.7 Å². The summed E-state index contributed by atoms with van der Waals surface area (Å²) < 4.78 is 23.2. The molecule has 5 rings (SSSR count). The van der Waals surface area contributed by atoms with Crippen molar-refractivity contribution in [1.82, 2.24) is 4.90 Å². The van der Waals surface area contributed by atoms with E-state index < -0.39 is 0 Å². The zero-order valence-electron chi connectivity index (χ0n) is 16.0. The van der Waals surface area contributed by atoms with Crippen LogP contribution in [0.1, 0.15) is 32.1 Å². The molecule has 0 aromatic heterocycles. The minimum Gasteiger partial charge on any atom is -0.391 e. The molecule has 3 heterocycles. The fourth-order valence-electron chi connectivity index (χ4n) is 6.96. The first-order valence-corrected chi connectivity index (χ1v) is 10.4. The lowest BCUT2D eigenvalue weighted by atomic mass is 9.61. The molecule has 0 amide bonds. The highest BCUT2D eigenvalue weighted by molar-refractivity contribution is 5.06. The van der Waals surface area contributed by atoms with E-state index in [4.69, 9.17) is 18.9 Å². The molecule has 5 fully saturated rings. The zero-order chi connectivity index (χ0) is 17.8. The third kappa shape index (κ3) is 2.76. The van der Waals surface area contributed by atoms with Crippen LogP contribution in [0.2, 0.25) is 0 Å². The molecule has 2 aliphatic carbocycles. The Kier molecular flexibility index (Phi) is 4.78. The molecule has 0 radical (unpaired) electrons. The minimum atomic E-state index is -0.249. The molecule has 0 aromatic carbocycles. The predicted molar refractivity (Wildman–Crippen MR) is 94.6 cm³/mol. The van der Waals surface area contributed by atoms with Crippen molar-refractivity contribution in [3.8, 4) is 0 Å². The number of methoxy groups -OCH3 is 2. The normalized spacial score (nSPS) is 54.1. The third-order valence-electron chi connectivity index (χ3n) is 8.20. The molecular weight excluding hydrogens is 334 g/mol. The van der Waals surface area contributed by atoms with Gasteiger partial charge in [0.1, 0.15) is 6.79 Å². The highest BCUT2D eigenvalue weighted by Gasteiger charge is 2.54. The Morgan fingerprint density at radius 3 is 2.38 bits per heavy atom. The molecule has 1 N–H and O–H groups in total. The number of aliphatic hydroxyl groups excluding tert-OH is 1. The summed E-state index contributed by atoms with van der Waals surface area (Å²) in [4.78, 5) is 2.56. The number of rotatable bonds is 2. The van der Waals surface area contributed by atoms with Crippen molar-refractivity contribution in [2.75, 3.05) is 34.1 Å². The van der Waals surface area contributed by atoms with E-state index in [2.05, 4.69) is 4.90 Å². The van der Waals surface area contributed by atoms with E-state index in [1.807, 2.05) is 7.11 Å². The Labute approximate surface area is 156 Å². The summed E-state index contributed by atoms with van der Waals surface area (Å²) >= 11 is 0. The number of hydrogen-bond acceptors (Lipinski definition) is 6. The van der Waals surface area contributed by atoms with Gasteiger partial charge in [0.25, 0.3) is 0 Å². The Balaban J connectivity index is 1.36. The van der Waals surface area contributed by atoms with Crippen LogP contribution in [0.25, 0.3) is 0 Å². The molecule has 3 aliphatic heterocycles. The fourth-order valence-corrected chi connectivity index (χ4v) is 6.96. The largest absolute Gasteiger partial charge is 0.391 e. The van der Waals surface area contributed by atoms with Crippen LogP contribution in [-0.2, 0) is 18.9 Å². The van der Waals surface area contributed by atoms with Gasteiger partial charge < -0.3 is 24.1 Å². The van der Waals surface area contributed by atoms with Crippen LogP contribution in [0, 0.1) is 23.7 Å². The van der Waals surface area contributed by atoms with Crippen LogP contribution in [0.4, 0.5) is 0 Å². The maximum atomic E-state index is 10.9. The Bertz CT molecular complexity index is 518. The maximum Gasteiger partial charge on any atom is 0.147 e. The summed E-state index contributed by atoms with van der Waals surface area (Å²) in [6.45, 7) is 2.25. The number of fused-ring (bicyclic) bond motifs is 5. The molecule has 6 heteroatoms. The van der Waals surface area contributed by atoms with Crippen molar-refractivity contribution in [3.05, 3.63) is 0 Å². The van der Waals surface area contributed by atoms with Gasteiger partial charge in [-0.25, -0.2) is 0 Å². The first kappa shape index (κ1) is 17.8. The van der Waals surface area contributed by atoms with Gasteiger partial charge in [0.15, 0.2) is 0 Å². The molecule has 0 spiro atoms. The van der Waals surface area contributed by atoms with Gasteiger partial charge in [-0.05, 0) is 49.9 Å². The molecule has 10 atom stereocenters. The first-order chi connectivity index (χ1) is 12.7. The SMILES string of the molecule is COC1CCC2CC3C4CC5OCOC5CC4[C@H](O)CN3CC2C1OC. The Morgan fingerprint density at radius 2 is 1.65 bits per heavy atom. The van der Waals surface area contributed by atoms with Gasteiger partial charge in [0.05, 0.1) is 30.5 Å². The van der Waals surface area contributed by atoms with Gasteiger partial charge in [-0.1, -0.05) is 0 Å². The van der Waals surface area contributed by atoms with Crippen molar-refractivity contribution in [3.63, 3.8) is 0 Å². The predicted octanol–water partition coefficient (Wildman–Crippen LogP) is 1.26. The van der Waals surface area contributed by atoms with Crippen LogP contribution < -0.4 is 0 Å². The van der Waals surface area contributed by atoms with E-state index in [1.165, 1.54) is 12.8 Å². The minimum absolute atomic E-state index is 0.178.